The summed E-state index contributed by atoms with van der Waals surface area (Å²) in [6.07, 6.45) is 9.00. The molecule has 284 valence electrons. The number of pyridine rings is 1. The molecular formula is C51H32N6OPt-2. The van der Waals surface area contributed by atoms with E-state index in [-0.39, 0.29) is 21.1 Å². The van der Waals surface area contributed by atoms with Crippen molar-refractivity contribution < 1.29 is 30.4 Å². The molecule has 59 heavy (non-hydrogen) atoms. The fourth-order valence-electron chi connectivity index (χ4n) is 8.86. The number of nitrogens with zero attached hydrogens (tertiary/aromatic N) is 6. The maximum absolute atomic E-state index is 6.60. The summed E-state index contributed by atoms with van der Waals surface area (Å²) in [4.78, 5) is 5.01. The van der Waals surface area contributed by atoms with Gasteiger partial charge in [-0.25, -0.2) is 4.98 Å². The van der Waals surface area contributed by atoms with Gasteiger partial charge in [-0.1, -0.05) is 95.5 Å². The van der Waals surface area contributed by atoms with E-state index >= 15 is 0 Å². The van der Waals surface area contributed by atoms with Crippen LogP contribution in [0.2, 0.25) is 0 Å². The molecule has 7 nitrogen and oxygen atoms in total. The zero-order valence-corrected chi connectivity index (χ0v) is 33.9. The maximum Gasteiger partial charge on any atom is 0.241 e. The molecule has 0 amide bonds. The minimum Gasteiger partial charge on any atom is -0.510 e. The van der Waals surface area contributed by atoms with E-state index in [4.69, 9.17) is 9.72 Å². The number of ether oxygens (including phenoxy) is 1. The van der Waals surface area contributed by atoms with E-state index < -0.39 is 0 Å². The normalized spacial score (nSPS) is 11.7. The summed E-state index contributed by atoms with van der Waals surface area (Å²) in [5.41, 5.74) is 9.45. The molecular weight excluding hydrogens is 908 g/mol. The number of imidazole rings is 1. The molecule has 0 fully saturated rings. The Morgan fingerprint density at radius 2 is 1.10 bits per heavy atom. The van der Waals surface area contributed by atoms with Crippen molar-refractivity contribution >= 4 is 65.4 Å². The number of aromatic nitrogens is 6. The van der Waals surface area contributed by atoms with Gasteiger partial charge in [0.15, 0.2) is 0 Å². The molecule has 0 atom stereocenters. The van der Waals surface area contributed by atoms with E-state index in [1.807, 2.05) is 71.2 Å². The average molecular weight is 940 g/mol. The summed E-state index contributed by atoms with van der Waals surface area (Å²) in [6.45, 7) is 0. The minimum absolute atomic E-state index is 0. The van der Waals surface area contributed by atoms with Crippen molar-refractivity contribution in [2.75, 3.05) is 0 Å². The standard InChI is InChI=1S/C51H32N6O.Pt/c1-53-29-30-54(33-53)36-19-14-20-37(31-36)58-38-26-27-41-44(32-38)57(45-25-12-13-28-52-45)51-47-40-22-9-11-24-43(40)55(34-15-4-2-5-16-34)49(47)46-39-21-8-10-23-42(39)56(50(46)48(41)51)35-17-6-3-7-18-35;/h2-30H,1H3;/q-2;. The van der Waals surface area contributed by atoms with Gasteiger partial charge in [0, 0.05) is 84.1 Å². The van der Waals surface area contributed by atoms with Crippen LogP contribution in [0.15, 0.2) is 176 Å². The summed E-state index contributed by atoms with van der Waals surface area (Å²) in [5.74, 6) is 1.95. The number of hydrogen-bond acceptors (Lipinski definition) is 2. The zero-order chi connectivity index (χ0) is 38.3. The van der Waals surface area contributed by atoms with Gasteiger partial charge < -0.3 is 27.6 Å². The first kappa shape index (κ1) is 35.0. The Hall–Kier alpha value is -7.21. The third-order valence-corrected chi connectivity index (χ3v) is 11.2. The molecule has 0 aliphatic heterocycles. The van der Waals surface area contributed by atoms with Gasteiger partial charge in [-0.3, -0.25) is 0 Å². The van der Waals surface area contributed by atoms with E-state index in [1.165, 1.54) is 10.8 Å². The minimum atomic E-state index is 0. The second-order valence-corrected chi connectivity index (χ2v) is 14.5. The fourth-order valence-corrected chi connectivity index (χ4v) is 8.86. The number of benzene rings is 7. The van der Waals surface area contributed by atoms with Gasteiger partial charge in [0.1, 0.15) is 5.82 Å². The molecule has 5 aromatic heterocycles. The van der Waals surface area contributed by atoms with E-state index in [0.717, 1.165) is 77.5 Å². The van der Waals surface area contributed by atoms with Crippen LogP contribution in [0.5, 0.6) is 11.5 Å². The molecule has 8 heteroatoms. The summed E-state index contributed by atoms with van der Waals surface area (Å²) in [7, 11) is 1.95. The van der Waals surface area contributed by atoms with Crippen LogP contribution in [-0.4, -0.2) is 23.3 Å². The number of aryl methyl sites for hydroxylation is 1. The van der Waals surface area contributed by atoms with E-state index in [2.05, 4.69) is 153 Å². The molecule has 0 saturated heterocycles. The van der Waals surface area contributed by atoms with Crippen molar-refractivity contribution in [3.8, 4) is 34.4 Å². The number of para-hydroxylation sites is 4. The SMILES string of the molecule is Cn1[c-][n+](-c2[c-]c(Oc3[c-]c4c(cc3)c3c(c5c6ccccc6n(-c6ccccc6)c5c5c6ccccc6n(-c6ccccc6)c35)n4-c3ccccn3)ccc2)cc1.[Pt]. The fraction of sp³-hybridized carbons (Fsp3) is 0.0196. The first-order chi connectivity index (χ1) is 28.7. The third-order valence-electron chi connectivity index (χ3n) is 11.2. The van der Waals surface area contributed by atoms with Gasteiger partial charge in [-0.15, -0.1) is 24.3 Å². The molecule has 5 heterocycles. The Morgan fingerprint density at radius 3 is 1.71 bits per heavy atom. The number of fused-ring (bicyclic) bond motifs is 12. The maximum atomic E-state index is 6.60. The summed E-state index contributed by atoms with van der Waals surface area (Å²) >= 11 is 0. The van der Waals surface area contributed by atoms with Crippen molar-refractivity contribution in [1.82, 2.24) is 23.3 Å². The van der Waals surface area contributed by atoms with Crippen molar-refractivity contribution in [2.45, 2.75) is 0 Å². The molecule has 0 aliphatic carbocycles. The summed E-state index contributed by atoms with van der Waals surface area (Å²) < 4.78 is 17.5. The summed E-state index contributed by atoms with van der Waals surface area (Å²) in [5, 5.41) is 6.83. The molecule has 12 aromatic rings. The van der Waals surface area contributed by atoms with Crippen LogP contribution in [0.4, 0.5) is 0 Å². The van der Waals surface area contributed by atoms with Gasteiger partial charge >= 0.3 is 0 Å². The average Bonchev–Trinajstić information content (AvgIpc) is 4.04. The topological polar surface area (TPSA) is 45.7 Å². The molecule has 0 spiro atoms. The van der Waals surface area contributed by atoms with Gasteiger partial charge in [-0.2, -0.15) is 18.2 Å². The Morgan fingerprint density at radius 1 is 0.525 bits per heavy atom. The Labute approximate surface area is 353 Å². The summed E-state index contributed by atoms with van der Waals surface area (Å²) in [6, 6.07) is 62.3. The van der Waals surface area contributed by atoms with Crippen molar-refractivity contribution in [3.05, 3.63) is 195 Å². The van der Waals surface area contributed by atoms with Gasteiger partial charge in [0.25, 0.3) is 0 Å². The predicted molar refractivity (Wildman–Crippen MR) is 231 cm³/mol. The van der Waals surface area contributed by atoms with Crippen molar-refractivity contribution in [1.29, 1.82) is 0 Å². The van der Waals surface area contributed by atoms with Crippen molar-refractivity contribution in [2.24, 2.45) is 7.05 Å². The molecule has 12 rings (SSSR count). The quantitative estimate of drug-likeness (QED) is 0.123. The van der Waals surface area contributed by atoms with Crippen LogP contribution in [0.1, 0.15) is 0 Å². The second-order valence-electron chi connectivity index (χ2n) is 14.5. The largest absolute Gasteiger partial charge is 0.510 e. The Bertz CT molecular complexity index is 3540. The Balaban J connectivity index is 0.00000397. The molecule has 0 saturated carbocycles. The van der Waals surface area contributed by atoms with Crippen LogP contribution in [0.3, 0.4) is 0 Å². The van der Waals surface area contributed by atoms with E-state index in [9.17, 15) is 0 Å². The molecule has 7 aromatic carbocycles. The first-order valence-electron chi connectivity index (χ1n) is 19.3. The smallest absolute Gasteiger partial charge is 0.241 e. The van der Waals surface area contributed by atoms with Gasteiger partial charge in [0.2, 0.25) is 6.33 Å². The van der Waals surface area contributed by atoms with Gasteiger partial charge in [0.05, 0.1) is 34.6 Å². The van der Waals surface area contributed by atoms with Crippen LogP contribution in [-0.2, 0) is 28.1 Å². The molecule has 0 aliphatic rings. The second kappa shape index (κ2) is 13.7. The third kappa shape index (κ3) is 5.32. The monoisotopic (exact) mass is 939 g/mol. The first-order valence-corrected chi connectivity index (χ1v) is 19.3. The van der Waals surface area contributed by atoms with Crippen LogP contribution in [0, 0.1) is 18.5 Å². The molecule has 0 unspecified atom stereocenters. The number of hydrogen-bond donors (Lipinski definition) is 0. The molecule has 0 N–H and O–H groups in total. The van der Waals surface area contributed by atoms with Gasteiger partial charge in [-0.05, 0) is 53.9 Å². The zero-order valence-electron chi connectivity index (χ0n) is 31.7. The number of rotatable bonds is 6. The van der Waals surface area contributed by atoms with Crippen LogP contribution < -0.4 is 9.30 Å². The molecule has 0 radical (unpaired) electrons. The van der Waals surface area contributed by atoms with Crippen molar-refractivity contribution in [3.63, 3.8) is 0 Å². The van der Waals surface area contributed by atoms with Crippen LogP contribution in [0.25, 0.3) is 88.3 Å². The van der Waals surface area contributed by atoms with E-state index in [0.29, 0.717) is 11.5 Å². The molecule has 0 bridgehead atoms. The Kier molecular flexibility index (Phi) is 8.14. The van der Waals surface area contributed by atoms with Crippen LogP contribution >= 0.6 is 0 Å². The van der Waals surface area contributed by atoms with E-state index in [1.54, 1.807) is 0 Å². The predicted octanol–water partition coefficient (Wildman–Crippen LogP) is 11.2.